The van der Waals surface area contributed by atoms with Gasteiger partial charge in [-0.2, -0.15) is 5.10 Å². The number of aromatic amines is 1. The Bertz CT molecular complexity index is 867. The van der Waals surface area contributed by atoms with E-state index >= 15 is 0 Å². The highest BCUT2D eigenvalue weighted by Gasteiger charge is 2.17. The van der Waals surface area contributed by atoms with E-state index in [1.54, 1.807) is 18.3 Å². The number of pyridine rings is 1. The summed E-state index contributed by atoms with van der Waals surface area (Å²) in [6.07, 6.45) is 1.54. The van der Waals surface area contributed by atoms with E-state index < -0.39 is 5.91 Å². The molecule has 21 heavy (non-hydrogen) atoms. The molecule has 0 spiro atoms. The van der Waals surface area contributed by atoms with Gasteiger partial charge in [0.15, 0.2) is 0 Å². The monoisotopic (exact) mass is 282 g/mol. The molecule has 2 aromatic heterocycles. The Morgan fingerprint density at radius 2 is 2.10 bits per heavy atom. The Labute approximate surface area is 120 Å². The summed E-state index contributed by atoms with van der Waals surface area (Å²) in [5, 5.41) is 16.8. The maximum Gasteiger partial charge on any atom is 0.267 e. The number of nitrogens with one attached hydrogen (secondary N) is 1. The number of fused-ring (bicyclic) bond motifs is 1. The number of phenolic OH excluding ortho intramolecular Hbond substituents is 1. The first kappa shape index (κ1) is 13.1. The average molecular weight is 282 g/mol. The molecule has 0 aliphatic rings. The summed E-state index contributed by atoms with van der Waals surface area (Å²) >= 11 is 0. The third kappa shape index (κ3) is 2.01. The van der Waals surface area contributed by atoms with E-state index in [1.165, 1.54) is 0 Å². The van der Waals surface area contributed by atoms with Gasteiger partial charge in [-0.05, 0) is 42.7 Å². The molecule has 4 N–H and O–H groups in total. The number of aryl methyl sites for hydroxylation is 1. The molecular formula is C15H14N4O2. The fraction of sp³-hybridized carbons (Fsp3) is 0.133. The highest BCUT2D eigenvalue weighted by atomic mass is 16.3. The van der Waals surface area contributed by atoms with Gasteiger partial charge < -0.3 is 10.8 Å². The third-order valence-electron chi connectivity index (χ3n) is 3.58. The second-order valence-electron chi connectivity index (χ2n) is 4.95. The van der Waals surface area contributed by atoms with Gasteiger partial charge in [-0.3, -0.25) is 9.89 Å². The standard InChI is InChI=1S/C15H14N4O2/c1-7-3-4-12(20)8(2)13(7)9-5-10(15(16)21)18-11-6-17-19-14(9)11/h3-6,20H,1-2H3,(H2,16,21)(H,17,19). The summed E-state index contributed by atoms with van der Waals surface area (Å²) in [6, 6.07) is 5.09. The molecule has 6 heteroatoms. The van der Waals surface area contributed by atoms with E-state index in [0.717, 1.165) is 22.3 Å². The summed E-state index contributed by atoms with van der Waals surface area (Å²) in [5.41, 5.74) is 10.1. The normalized spacial score (nSPS) is 11.0. The van der Waals surface area contributed by atoms with E-state index in [0.29, 0.717) is 11.0 Å². The molecule has 6 nitrogen and oxygen atoms in total. The van der Waals surface area contributed by atoms with Crippen molar-refractivity contribution in [2.45, 2.75) is 13.8 Å². The molecule has 106 valence electrons. The fourth-order valence-corrected chi connectivity index (χ4v) is 2.51. The van der Waals surface area contributed by atoms with Crippen LogP contribution < -0.4 is 5.73 Å². The molecule has 0 bridgehead atoms. The van der Waals surface area contributed by atoms with E-state index in [1.807, 2.05) is 19.9 Å². The van der Waals surface area contributed by atoms with Crippen LogP contribution in [-0.4, -0.2) is 26.2 Å². The van der Waals surface area contributed by atoms with Gasteiger partial charge in [0.2, 0.25) is 0 Å². The van der Waals surface area contributed by atoms with Crippen LogP contribution in [0.2, 0.25) is 0 Å². The van der Waals surface area contributed by atoms with E-state index in [9.17, 15) is 9.90 Å². The van der Waals surface area contributed by atoms with Gasteiger partial charge in [0.1, 0.15) is 17.0 Å². The van der Waals surface area contributed by atoms with E-state index in [-0.39, 0.29) is 11.4 Å². The van der Waals surface area contributed by atoms with Crippen molar-refractivity contribution in [3.8, 4) is 16.9 Å². The number of phenols is 1. The zero-order valence-electron chi connectivity index (χ0n) is 11.6. The molecule has 1 aromatic carbocycles. The second-order valence-corrected chi connectivity index (χ2v) is 4.95. The zero-order valence-corrected chi connectivity index (χ0v) is 11.6. The Balaban J connectivity index is 2.42. The first-order chi connectivity index (χ1) is 9.99. The fourth-order valence-electron chi connectivity index (χ4n) is 2.51. The van der Waals surface area contributed by atoms with Gasteiger partial charge in [-0.1, -0.05) is 6.07 Å². The number of aromatic nitrogens is 3. The number of hydrogen-bond donors (Lipinski definition) is 3. The summed E-state index contributed by atoms with van der Waals surface area (Å²) in [6.45, 7) is 3.76. The minimum atomic E-state index is -0.602. The molecule has 1 amide bonds. The molecule has 0 fully saturated rings. The van der Waals surface area contributed by atoms with Gasteiger partial charge in [0, 0.05) is 5.56 Å². The number of primary amides is 1. The van der Waals surface area contributed by atoms with Crippen molar-refractivity contribution in [1.82, 2.24) is 15.2 Å². The van der Waals surface area contributed by atoms with Crippen LogP contribution in [0.25, 0.3) is 22.2 Å². The van der Waals surface area contributed by atoms with Crippen LogP contribution in [-0.2, 0) is 0 Å². The number of carbonyl (C=O) groups is 1. The summed E-state index contributed by atoms with van der Waals surface area (Å²) in [5.74, 6) is -0.407. The van der Waals surface area contributed by atoms with Crippen molar-refractivity contribution in [3.05, 3.63) is 41.2 Å². The lowest BCUT2D eigenvalue weighted by molar-refractivity contribution is 0.0996. The summed E-state index contributed by atoms with van der Waals surface area (Å²) in [4.78, 5) is 15.6. The van der Waals surface area contributed by atoms with Crippen LogP contribution >= 0.6 is 0 Å². The smallest absolute Gasteiger partial charge is 0.267 e. The molecule has 0 saturated heterocycles. The second kappa shape index (κ2) is 4.59. The maximum atomic E-state index is 11.5. The van der Waals surface area contributed by atoms with Gasteiger partial charge in [0.25, 0.3) is 5.91 Å². The number of H-pyrrole nitrogens is 1. The summed E-state index contributed by atoms with van der Waals surface area (Å²) < 4.78 is 0. The summed E-state index contributed by atoms with van der Waals surface area (Å²) in [7, 11) is 0. The van der Waals surface area contributed by atoms with Crippen LogP contribution in [0.5, 0.6) is 5.75 Å². The quantitative estimate of drug-likeness (QED) is 0.668. The first-order valence-corrected chi connectivity index (χ1v) is 6.42. The van der Waals surface area contributed by atoms with Gasteiger partial charge in [-0.25, -0.2) is 4.98 Å². The predicted molar refractivity (Wildman–Crippen MR) is 79.0 cm³/mol. The minimum Gasteiger partial charge on any atom is -0.508 e. The van der Waals surface area contributed by atoms with Gasteiger partial charge in [-0.15, -0.1) is 0 Å². The van der Waals surface area contributed by atoms with Gasteiger partial charge >= 0.3 is 0 Å². The number of nitrogens with two attached hydrogens (primary N) is 1. The van der Waals surface area contributed by atoms with Gasteiger partial charge in [0.05, 0.1) is 11.7 Å². The van der Waals surface area contributed by atoms with Crippen LogP contribution in [0, 0.1) is 13.8 Å². The average Bonchev–Trinajstić information content (AvgIpc) is 2.91. The number of hydrogen-bond acceptors (Lipinski definition) is 4. The van der Waals surface area contributed by atoms with Crippen LogP contribution in [0.3, 0.4) is 0 Å². The van der Waals surface area contributed by atoms with Crippen molar-refractivity contribution in [1.29, 1.82) is 0 Å². The zero-order chi connectivity index (χ0) is 15.1. The number of benzene rings is 1. The Kier molecular flexibility index (Phi) is 2.86. The molecule has 2 heterocycles. The molecule has 0 unspecified atom stereocenters. The molecule has 3 rings (SSSR count). The number of rotatable bonds is 2. The van der Waals surface area contributed by atoms with Crippen molar-refractivity contribution >= 4 is 16.9 Å². The molecule has 0 aliphatic carbocycles. The van der Waals surface area contributed by atoms with Crippen LogP contribution in [0.15, 0.2) is 24.4 Å². The van der Waals surface area contributed by atoms with E-state index in [4.69, 9.17) is 5.73 Å². The number of aromatic hydroxyl groups is 1. The largest absolute Gasteiger partial charge is 0.508 e. The van der Waals surface area contributed by atoms with Crippen LogP contribution in [0.1, 0.15) is 21.6 Å². The highest BCUT2D eigenvalue weighted by Crippen LogP contribution is 2.35. The molecule has 0 saturated carbocycles. The molecule has 0 atom stereocenters. The molecular weight excluding hydrogens is 268 g/mol. The Morgan fingerprint density at radius 1 is 1.33 bits per heavy atom. The predicted octanol–water partition coefficient (Wildman–Crippen LogP) is 2.05. The number of carbonyl (C=O) groups excluding carboxylic acids is 1. The maximum absolute atomic E-state index is 11.5. The van der Waals surface area contributed by atoms with Crippen molar-refractivity contribution in [2.24, 2.45) is 5.73 Å². The third-order valence-corrected chi connectivity index (χ3v) is 3.58. The highest BCUT2D eigenvalue weighted by molar-refractivity contribution is 6.00. The van der Waals surface area contributed by atoms with E-state index in [2.05, 4.69) is 15.2 Å². The first-order valence-electron chi connectivity index (χ1n) is 6.42. The molecule has 0 radical (unpaired) electrons. The lowest BCUT2D eigenvalue weighted by Gasteiger charge is -2.13. The lowest BCUT2D eigenvalue weighted by Crippen LogP contribution is -2.13. The molecule has 0 aliphatic heterocycles. The minimum absolute atomic E-state index is 0.168. The number of nitrogens with zero attached hydrogens (tertiary/aromatic N) is 2. The molecule has 3 aromatic rings. The lowest BCUT2D eigenvalue weighted by atomic mass is 9.94. The Morgan fingerprint density at radius 3 is 2.81 bits per heavy atom. The van der Waals surface area contributed by atoms with Crippen molar-refractivity contribution < 1.29 is 9.90 Å². The van der Waals surface area contributed by atoms with Crippen molar-refractivity contribution in [3.63, 3.8) is 0 Å². The Hall–Kier alpha value is -2.89. The SMILES string of the molecule is Cc1ccc(O)c(C)c1-c1cc(C(N)=O)nc2cn[nH]c12. The van der Waals surface area contributed by atoms with Crippen molar-refractivity contribution in [2.75, 3.05) is 0 Å². The van der Waals surface area contributed by atoms with Crippen LogP contribution in [0.4, 0.5) is 0 Å². The topological polar surface area (TPSA) is 105 Å². The number of amides is 1.